The Morgan fingerprint density at radius 1 is 1.17 bits per heavy atom. The molecule has 120 valence electrons. The summed E-state index contributed by atoms with van der Waals surface area (Å²) >= 11 is 0. The third-order valence-corrected chi connectivity index (χ3v) is 4.12. The second-order valence-electron chi connectivity index (χ2n) is 5.83. The highest BCUT2D eigenvalue weighted by atomic mass is 16.1. The number of nitrogens with one attached hydrogen (secondary N) is 1. The SMILES string of the molecule is O=C(NCCCN1CCCC1)c1ccc(-c2cccnc2)nc1. The number of carbonyl (C=O) groups is 1. The minimum Gasteiger partial charge on any atom is -0.352 e. The number of hydrogen-bond donors (Lipinski definition) is 1. The Hall–Kier alpha value is -2.27. The van der Waals surface area contributed by atoms with Gasteiger partial charge in [-0.05, 0) is 63.2 Å². The summed E-state index contributed by atoms with van der Waals surface area (Å²) < 4.78 is 0. The maximum absolute atomic E-state index is 12.1. The monoisotopic (exact) mass is 310 g/mol. The third kappa shape index (κ3) is 4.36. The van der Waals surface area contributed by atoms with Crippen LogP contribution in [0.3, 0.4) is 0 Å². The van der Waals surface area contributed by atoms with Gasteiger partial charge in [-0.15, -0.1) is 0 Å². The molecule has 1 N–H and O–H groups in total. The summed E-state index contributed by atoms with van der Waals surface area (Å²) in [6, 6.07) is 7.49. The van der Waals surface area contributed by atoms with Crippen molar-refractivity contribution in [2.45, 2.75) is 19.3 Å². The van der Waals surface area contributed by atoms with Gasteiger partial charge in [0.1, 0.15) is 0 Å². The van der Waals surface area contributed by atoms with Gasteiger partial charge in [0.05, 0.1) is 11.3 Å². The Kier molecular flexibility index (Phi) is 5.32. The van der Waals surface area contributed by atoms with Crippen LogP contribution in [0.4, 0.5) is 0 Å². The molecule has 5 heteroatoms. The second kappa shape index (κ2) is 7.83. The van der Waals surface area contributed by atoms with Crippen LogP contribution in [-0.4, -0.2) is 47.0 Å². The number of likely N-dealkylation sites (tertiary alicyclic amines) is 1. The molecular weight excluding hydrogens is 288 g/mol. The Balaban J connectivity index is 1.47. The van der Waals surface area contributed by atoms with Crippen molar-refractivity contribution in [2.75, 3.05) is 26.2 Å². The molecule has 5 nitrogen and oxygen atoms in total. The van der Waals surface area contributed by atoms with Crippen molar-refractivity contribution in [1.82, 2.24) is 20.2 Å². The molecule has 1 amide bonds. The van der Waals surface area contributed by atoms with Gasteiger partial charge in [-0.3, -0.25) is 14.8 Å². The maximum Gasteiger partial charge on any atom is 0.252 e. The van der Waals surface area contributed by atoms with Crippen LogP contribution in [0.5, 0.6) is 0 Å². The number of rotatable bonds is 6. The number of nitrogens with zero attached hydrogens (tertiary/aromatic N) is 3. The highest BCUT2D eigenvalue weighted by Crippen LogP contribution is 2.15. The van der Waals surface area contributed by atoms with Crippen LogP contribution in [0, 0.1) is 0 Å². The molecule has 0 aliphatic carbocycles. The van der Waals surface area contributed by atoms with Crippen LogP contribution in [-0.2, 0) is 0 Å². The summed E-state index contributed by atoms with van der Waals surface area (Å²) in [4.78, 5) is 23.0. The lowest BCUT2D eigenvalue weighted by Gasteiger charge is -2.14. The fourth-order valence-electron chi connectivity index (χ4n) is 2.83. The van der Waals surface area contributed by atoms with E-state index in [4.69, 9.17) is 0 Å². The molecule has 1 aliphatic heterocycles. The van der Waals surface area contributed by atoms with Gasteiger partial charge in [-0.25, -0.2) is 0 Å². The molecule has 0 unspecified atom stereocenters. The van der Waals surface area contributed by atoms with E-state index in [1.807, 2.05) is 24.3 Å². The molecule has 1 aliphatic rings. The van der Waals surface area contributed by atoms with Crippen LogP contribution in [0.15, 0.2) is 42.9 Å². The van der Waals surface area contributed by atoms with Gasteiger partial charge >= 0.3 is 0 Å². The molecule has 1 fully saturated rings. The average molecular weight is 310 g/mol. The zero-order valence-electron chi connectivity index (χ0n) is 13.2. The summed E-state index contributed by atoms with van der Waals surface area (Å²) in [5.41, 5.74) is 2.37. The normalized spacial score (nSPS) is 14.8. The number of pyridine rings is 2. The summed E-state index contributed by atoms with van der Waals surface area (Å²) in [6.45, 7) is 4.18. The molecular formula is C18H22N4O. The Bertz CT molecular complexity index is 621. The standard InChI is InChI=1S/C18H22N4O/c23-18(20-9-4-12-22-10-1-2-11-22)16-6-7-17(21-14-16)15-5-3-8-19-13-15/h3,5-8,13-14H,1-2,4,9-12H2,(H,20,23). The molecule has 0 spiro atoms. The van der Waals surface area contributed by atoms with Crippen molar-refractivity contribution in [3.05, 3.63) is 48.4 Å². The molecule has 0 aromatic carbocycles. The average Bonchev–Trinajstić information content (AvgIpc) is 3.13. The summed E-state index contributed by atoms with van der Waals surface area (Å²) in [7, 11) is 0. The van der Waals surface area contributed by atoms with Crippen LogP contribution >= 0.6 is 0 Å². The first kappa shape index (κ1) is 15.6. The van der Waals surface area contributed by atoms with Crippen LogP contribution < -0.4 is 5.32 Å². The lowest BCUT2D eigenvalue weighted by molar-refractivity contribution is 0.0951. The number of carbonyl (C=O) groups excluding carboxylic acids is 1. The number of aromatic nitrogens is 2. The van der Waals surface area contributed by atoms with E-state index in [0.717, 1.165) is 24.2 Å². The van der Waals surface area contributed by atoms with Crippen molar-refractivity contribution < 1.29 is 4.79 Å². The molecule has 2 aromatic rings. The van der Waals surface area contributed by atoms with Gasteiger partial charge in [-0.1, -0.05) is 0 Å². The summed E-state index contributed by atoms with van der Waals surface area (Å²) in [6.07, 6.45) is 8.72. The van der Waals surface area contributed by atoms with Crippen molar-refractivity contribution in [3.8, 4) is 11.3 Å². The van der Waals surface area contributed by atoms with Gasteiger partial charge in [0.15, 0.2) is 0 Å². The highest BCUT2D eigenvalue weighted by Gasteiger charge is 2.11. The van der Waals surface area contributed by atoms with E-state index in [-0.39, 0.29) is 5.91 Å². The Morgan fingerprint density at radius 3 is 2.74 bits per heavy atom. The van der Waals surface area contributed by atoms with Gasteiger partial charge in [-0.2, -0.15) is 0 Å². The van der Waals surface area contributed by atoms with E-state index >= 15 is 0 Å². The van der Waals surface area contributed by atoms with Crippen molar-refractivity contribution in [3.63, 3.8) is 0 Å². The predicted molar refractivity (Wildman–Crippen MR) is 90.1 cm³/mol. The number of amides is 1. The highest BCUT2D eigenvalue weighted by molar-refractivity contribution is 5.94. The molecule has 0 saturated carbocycles. The first-order chi connectivity index (χ1) is 11.3. The maximum atomic E-state index is 12.1. The molecule has 23 heavy (non-hydrogen) atoms. The topological polar surface area (TPSA) is 58.1 Å². The number of hydrogen-bond acceptors (Lipinski definition) is 4. The van der Waals surface area contributed by atoms with Gasteiger partial charge in [0.25, 0.3) is 5.91 Å². The Morgan fingerprint density at radius 2 is 2.04 bits per heavy atom. The quantitative estimate of drug-likeness (QED) is 0.832. The van der Waals surface area contributed by atoms with E-state index in [1.165, 1.54) is 25.9 Å². The van der Waals surface area contributed by atoms with E-state index < -0.39 is 0 Å². The fourth-order valence-corrected chi connectivity index (χ4v) is 2.83. The first-order valence-electron chi connectivity index (χ1n) is 8.20. The first-order valence-corrected chi connectivity index (χ1v) is 8.20. The molecule has 1 saturated heterocycles. The largest absolute Gasteiger partial charge is 0.352 e. The zero-order chi connectivity index (χ0) is 15.9. The minimum absolute atomic E-state index is 0.0586. The van der Waals surface area contributed by atoms with E-state index in [0.29, 0.717) is 12.1 Å². The smallest absolute Gasteiger partial charge is 0.252 e. The molecule has 0 atom stereocenters. The van der Waals surface area contributed by atoms with Crippen molar-refractivity contribution in [1.29, 1.82) is 0 Å². The van der Waals surface area contributed by atoms with E-state index in [9.17, 15) is 4.79 Å². The van der Waals surface area contributed by atoms with Crippen LogP contribution in [0.1, 0.15) is 29.6 Å². The lowest BCUT2D eigenvalue weighted by Crippen LogP contribution is -2.28. The zero-order valence-corrected chi connectivity index (χ0v) is 13.2. The van der Waals surface area contributed by atoms with E-state index in [2.05, 4.69) is 20.2 Å². The predicted octanol–water partition coefficient (Wildman–Crippen LogP) is 2.36. The Labute approximate surface area is 136 Å². The lowest BCUT2D eigenvalue weighted by atomic mass is 10.1. The van der Waals surface area contributed by atoms with E-state index in [1.54, 1.807) is 18.6 Å². The van der Waals surface area contributed by atoms with Crippen molar-refractivity contribution >= 4 is 5.91 Å². The fraction of sp³-hybridized carbons (Fsp3) is 0.389. The molecule has 2 aromatic heterocycles. The van der Waals surface area contributed by atoms with Gasteiger partial charge < -0.3 is 10.2 Å². The second-order valence-corrected chi connectivity index (χ2v) is 5.83. The van der Waals surface area contributed by atoms with Gasteiger partial charge in [0, 0.05) is 30.7 Å². The minimum atomic E-state index is -0.0586. The molecule has 0 bridgehead atoms. The van der Waals surface area contributed by atoms with Crippen LogP contribution in [0.2, 0.25) is 0 Å². The molecule has 3 rings (SSSR count). The summed E-state index contributed by atoms with van der Waals surface area (Å²) in [5, 5.41) is 2.96. The van der Waals surface area contributed by atoms with Crippen LogP contribution in [0.25, 0.3) is 11.3 Å². The van der Waals surface area contributed by atoms with Gasteiger partial charge in [0.2, 0.25) is 0 Å². The molecule has 0 radical (unpaired) electrons. The molecule has 3 heterocycles. The van der Waals surface area contributed by atoms with Crippen molar-refractivity contribution in [2.24, 2.45) is 0 Å². The third-order valence-electron chi connectivity index (χ3n) is 4.12. The summed E-state index contributed by atoms with van der Waals surface area (Å²) in [5.74, 6) is -0.0586.